The van der Waals surface area contributed by atoms with Crippen molar-refractivity contribution < 1.29 is 49.4 Å². The third-order valence-corrected chi connectivity index (χ3v) is 8.50. The maximum absolute atomic E-state index is 14.0. The van der Waals surface area contributed by atoms with Crippen LogP contribution in [0.1, 0.15) is 66.4 Å². The summed E-state index contributed by atoms with van der Waals surface area (Å²) in [7, 11) is 1.40. The van der Waals surface area contributed by atoms with Crippen molar-refractivity contribution in [2.24, 2.45) is 18.9 Å². The number of hydrogen-bond acceptors (Lipinski definition) is 6. The standard InChI is InChI=1S/C30H32F8N6O3/c1-44-24-22(12-19(27(43-24)47-14-23(31)32)26(46)40-18-8-6-17(7-9-18)29(33,34)35)42-28(44)41-21-11-15(5-10-20(21)30(36,37)38)13-39-25(45)16-3-2-4-16/h5,10-12,16-18,23H,2-4,6-9,13-14H2,1H3,(H,39,45)(H,40,46)(H,41,42)/t17-,18-. The van der Waals surface area contributed by atoms with Crippen LogP contribution in [0.5, 0.6) is 5.88 Å². The number of pyridine rings is 1. The van der Waals surface area contributed by atoms with Crippen molar-refractivity contribution in [1.82, 2.24) is 25.2 Å². The number of amides is 2. The minimum atomic E-state index is -4.76. The number of nitrogens with zero attached hydrogens (tertiary/aromatic N) is 3. The third kappa shape index (κ3) is 8.04. The molecule has 0 atom stereocenters. The van der Waals surface area contributed by atoms with E-state index in [9.17, 15) is 44.7 Å². The molecule has 0 saturated heterocycles. The van der Waals surface area contributed by atoms with Gasteiger partial charge in [0, 0.05) is 25.6 Å². The highest BCUT2D eigenvalue weighted by Gasteiger charge is 2.42. The predicted octanol–water partition coefficient (Wildman–Crippen LogP) is 6.64. The quantitative estimate of drug-likeness (QED) is 0.208. The van der Waals surface area contributed by atoms with Gasteiger partial charge in [0.2, 0.25) is 17.7 Å². The molecule has 2 amide bonds. The predicted molar refractivity (Wildman–Crippen MR) is 153 cm³/mol. The number of alkyl halides is 8. The monoisotopic (exact) mass is 676 g/mol. The summed E-state index contributed by atoms with van der Waals surface area (Å²) in [5.74, 6) is -3.25. The molecule has 2 fully saturated rings. The van der Waals surface area contributed by atoms with Crippen molar-refractivity contribution in [2.75, 3.05) is 11.9 Å². The van der Waals surface area contributed by atoms with Crippen LogP contribution in [0.15, 0.2) is 24.3 Å². The van der Waals surface area contributed by atoms with Gasteiger partial charge in [-0.15, -0.1) is 0 Å². The number of aromatic nitrogens is 3. The van der Waals surface area contributed by atoms with Crippen LogP contribution in [0, 0.1) is 11.8 Å². The van der Waals surface area contributed by atoms with Gasteiger partial charge in [-0.2, -0.15) is 31.3 Å². The molecule has 256 valence electrons. The number of rotatable bonds is 10. The normalized spacial score (nSPS) is 19.0. The summed E-state index contributed by atoms with van der Waals surface area (Å²) in [6, 6.07) is 3.89. The first kappa shape index (κ1) is 34.2. The molecule has 3 N–H and O–H groups in total. The lowest BCUT2D eigenvalue weighted by atomic mass is 9.85. The van der Waals surface area contributed by atoms with Crippen LogP contribution in [0.25, 0.3) is 11.2 Å². The molecule has 0 unspecified atom stereocenters. The highest BCUT2D eigenvalue weighted by molar-refractivity contribution is 5.99. The summed E-state index contributed by atoms with van der Waals surface area (Å²) in [6.45, 7) is -1.13. The number of halogens is 8. The van der Waals surface area contributed by atoms with Gasteiger partial charge in [0.1, 0.15) is 11.1 Å². The Labute approximate surface area is 263 Å². The van der Waals surface area contributed by atoms with Crippen LogP contribution in [0.4, 0.5) is 46.8 Å². The molecule has 1 aromatic carbocycles. The van der Waals surface area contributed by atoms with Crippen molar-refractivity contribution in [3.63, 3.8) is 0 Å². The summed E-state index contributed by atoms with van der Waals surface area (Å²) in [5.41, 5.74) is -1.35. The van der Waals surface area contributed by atoms with Crippen LogP contribution < -0.4 is 20.7 Å². The lowest BCUT2D eigenvalue weighted by molar-refractivity contribution is -0.182. The van der Waals surface area contributed by atoms with Crippen LogP contribution in [0.3, 0.4) is 0 Å². The fourth-order valence-electron chi connectivity index (χ4n) is 5.63. The lowest BCUT2D eigenvalue weighted by Gasteiger charge is -2.30. The Morgan fingerprint density at radius 1 is 1.00 bits per heavy atom. The Morgan fingerprint density at radius 2 is 1.70 bits per heavy atom. The molecule has 0 bridgehead atoms. The largest absolute Gasteiger partial charge is 0.471 e. The van der Waals surface area contributed by atoms with E-state index in [0.29, 0.717) is 5.56 Å². The summed E-state index contributed by atoms with van der Waals surface area (Å²) >= 11 is 0. The van der Waals surface area contributed by atoms with Gasteiger partial charge in [-0.3, -0.25) is 14.2 Å². The zero-order chi connectivity index (χ0) is 34.1. The zero-order valence-electron chi connectivity index (χ0n) is 25.1. The molecule has 2 aliphatic rings. The maximum Gasteiger partial charge on any atom is 0.418 e. The molecular weight excluding hydrogens is 644 g/mol. The highest BCUT2D eigenvalue weighted by atomic mass is 19.4. The summed E-state index contributed by atoms with van der Waals surface area (Å²) < 4.78 is 113. The van der Waals surface area contributed by atoms with E-state index >= 15 is 0 Å². The molecule has 9 nitrogen and oxygen atoms in total. The van der Waals surface area contributed by atoms with Crippen LogP contribution in [-0.2, 0) is 24.6 Å². The second-order valence-electron chi connectivity index (χ2n) is 11.8. The summed E-state index contributed by atoms with van der Waals surface area (Å²) in [6.07, 6.45) is -9.89. The Kier molecular flexibility index (Phi) is 9.82. The molecule has 2 saturated carbocycles. The molecule has 0 aliphatic heterocycles. The first-order valence-electron chi connectivity index (χ1n) is 15.0. The molecule has 2 aromatic heterocycles. The van der Waals surface area contributed by atoms with Crippen LogP contribution >= 0.6 is 0 Å². The number of benzene rings is 1. The van der Waals surface area contributed by atoms with Crippen molar-refractivity contribution in [1.29, 1.82) is 0 Å². The van der Waals surface area contributed by atoms with Gasteiger partial charge in [0.05, 0.1) is 17.2 Å². The molecule has 47 heavy (non-hydrogen) atoms. The van der Waals surface area contributed by atoms with E-state index in [-0.39, 0.29) is 72.4 Å². The third-order valence-electron chi connectivity index (χ3n) is 8.50. The first-order valence-corrected chi connectivity index (χ1v) is 15.0. The minimum absolute atomic E-state index is 0.00259. The maximum atomic E-state index is 14.0. The second kappa shape index (κ2) is 13.5. The van der Waals surface area contributed by atoms with E-state index < -0.39 is 54.7 Å². The minimum Gasteiger partial charge on any atom is -0.471 e. The second-order valence-corrected chi connectivity index (χ2v) is 11.8. The highest BCUT2D eigenvalue weighted by Crippen LogP contribution is 2.39. The van der Waals surface area contributed by atoms with Crippen LogP contribution in [-0.4, -0.2) is 51.6 Å². The fraction of sp³-hybridized carbons (Fsp3) is 0.533. The van der Waals surface area contributed by atoms with Gasteiger partial charge in [-0.05, 0) is 62.3 Å². The van der Waals surface area contributed by atoms with Crippen LogP contribution in [0.2, 0.25) is 0 Å². The van der Waals surface area contributed by atoms with E-state index in [0.717, 1.165) is 25.3 Å². The number of carbonyl (C=O) groups is 2. The molecule has 5 rings (SSSR count). The summed E-state index contributed by atoms with van der Waals surface area (Å²) in [5, 5.41) is 7.97. The number of hydrogen-bond donors (Lipinski definition) is 3. The molecule has 0 radical (unpaired) electrons. The molecular formula is C30H32F8N6O3. The van der Waals surface area contributed by atoms with Crippen molar-refractivity contribution in [2.45, 2.75) is 76.3 Å². The fourth-order valence-corrected chi connectivity index (χ4v) is 5.63. The zero-order valence-corrected chi connectivity index (χ0v) is 25.1. The van der Waals surface area contributed by atoms with Gasteiger partial charge < -0.3 is 20.7 Å². The van der Waals surface area contributed by atoms with Gasteiger partial charge in [0.15, 0.2) is 12.3 Å². The molecule has 2 heterocycles. The van der Waals surface area contributed by atoms with Gasteiger partial charge in [0.25, 0.3) is 12.3 Å². The van der Waals surface area contributed by atoms with Crippen molar-refractivity contribution in [3.8, 4) is 5.88 Å². The number of anilines is 2. The Morgan fingerprint density at radius 3 is 2.30 bits per heavy atom. The number of nitrogens with one attached hydrogen (secondary N) is 3. The average molecular weight is 677 g/mol. The first-order chi connectivity index (χ1) is 22.1. The molecule has 0 spiro atoms. The van der Waals surface area contributed by atoms with Gasteiger partial charge in [-0.25, -0.2) is 13.8 Å². The van der Waals surface area contributed by atoms with E-state index in [4.69, 9.17) is 4.74 Å². The number of carbonyl (C=O) groups excluding carboxylic acids is 2. The number of imidazole rings is 1. The van der Waals surface area contributed by atoms with E-state index in [1.165, 1.54) is 29.8 Å². The molecule has 17 heteroatoms. The number of aryl methyl sites for hydroxylation is 1. The average Bonchev–Trinajstić information content (AvgIpc) is 3.26. The SMILES string of the molecule is Cn1c(Nc2cc(CNC(=O)C3CCC3)ccc2C(F)(F)F)nc2cc(C(=O)N[C@H]3CC[C@H](C(F)(F)F)CC3)c(OCC(F)F)nc21. The van der Waals surface area contributed by atoms with Gasteiger partial charge >= 0.3 is 12.4 Å². The van der Waals surface area contributed by atoms with E-state index in [1.807, 2.05) is 0 Å². The van der Waals surface area contributed by atoms with Gasteiger partial charge in [-0.1, -0.05) is 12.5 Å². The number of fused-ring (bicyclic) bond motifs is 1. The molecule has 3 aromatic rings. The number of ether oxygens (including phenoxy) is 1. The van der Waals surface area contributed by atoms with E-state index in [2.05, 4.69) is 25.9 Å². The lowest BCUT2D eigenvalue weighted by Crippen LogP contribution is -2.40. The Bertz CT molecular complexity index is 1610. The van der Waals surface area contributed by atoms with Crippen molar-refractivity contribution >= 4 is 34.6 Å². The van der Waals surface area contributed by atoms with E-state index in [1.54, 1.807) is 0 Å². The Hall–Kier alpha value is -4.18. The van der Waals surface area contributed by atoms with Crippen molar-refractivity contribution in [3.05, 3.63) is 41.0 Å². The molecule has 2 aliphatic carbocycles. The Balaban J connectivity index is 1.41. The smallest absolute Gasteiger partial charge is 0.418 e. The topological polar surface area (TPSA) is 110 Å². The summed E-state index contributed by atoms with van der Waals surface area (Å²) in [4.78, 5) is 33.9.